The molecule has 0 aliphatic heterocycles. The molecule has 0 fully saturated rings. The van der Waals surface area contributed by atoms with Gasteiger partial charge in [-0.1, -0.05) is 19.8 Å². The second kappa shape index (κ2) is 10.2. The van der Waals surface area contributed by atoms with E-state index in [1.807, 2.05) is 6.92 Å². The summed E-state index contributed by atoms with van der Waals surface area (Å²) in [5, 5.41) is 12.2. The predicted molar refractivity (Wildman–Crippen MR) is 75.0 cm³/mol. The van der Waals surface area contributed by atoms with E-state index in [9.17, 15) is 14.4 Å². The molecular formula is C13H25N3O4. The molecule has 0 saturated carbocycles. The van der Waals surface area contributed by atoms with Crippen LogP contribution in [0.3, 0.4) is 0 Å². The molecule has 116 valence electrons. The number of hydrogen-bond donors (Lipinski definition) is 4. The number of rotatable bonds is 11. The number of carbonyl (C=O) groups excluding carboxylic acids is 2. The third-order valence-electron chi connectivity index (χ3n) is 2.85. The van der Waals surface area contributed by atoms with Crippen LogP contribution in [0.1, 0.15) is 46.0 Å². The Bertz CT molecular complexity index is 365. The Labute approximate surface area is 120 Å². The third-order valence-corrected chi connectivity index (χ3v) is 2.85. The fraction of sp³-hybridized carbons (Fsp3) is 0.769. The maximum Gasteiger partial charge on any atom is 0.303 e. The van der Waals surface area contributed by atoms with Crippen LogP contribution in [0, 0.1) is 0 Å². The van der Waals surface area contributed by atoms with Crippen LogP contribution in [0.4, 0.5) is 0 Å². The summed E-state index contributed by atoms with van der Waals surface area (Å²) in [7, 11) is 0. The molecule has 0 aromatic carbocycles. The lowest BCUT2D eigenvalue weighted by molar-refractivity contribution is -0.137. The molecule has 5 N–H and O–H groups in total. The first-order valence-electron chi connectivity index (χ1n) is 7.31. The second-order valence-electron chi connectivity index (χ2n) is 4.69. The molecule has 0 bridgehead atoms. The van der Waals surface area contributed by atoms with Gasteiger partial charge in [0.25, 0.3) is 0 Å². The molecule has 0 heterocycles. The summed E-state index contributed by atoms with van der Waals surface area (Å²) in [5.41, 5.74) is 5.14. The highest BCUT2D eigenvalue weighted by molar-refractivity contribution is 5.89. The predicted octanol–water partition coefficient (Wildman–Crippen LogP) is -0.0104. The van der Waals surface area contributed by atoms with Crippen molar-refractivity contribution in [1.29, 1.82) is 0 Å². The van der Waals surface area contributed by atoms with Gasteiger partial charge in [-0.05, 0) is 26.3 Å². The summed E-state index contributed by atoms with van der Waals surface area (Å²) >= 11 is 0. The van der Waals surface area contributed by atoms with E-state index < -0.39 is 29.9 Å². The molecule has 20 heavy (non-hydrogen) atoms. The van der Waals surface area contributed by atoms with Crippen molar-refractivity contribution in [1.82, 2.24) is 10.6 Å². The highest BCUT2D eigenvalue weighted by atomic mass is 16.4. The largest absolute Gasteiger partial charge is 0.481 e. The molecule has 7 heteroatoms. The number of nitrogens with one attached hydrogen (secondary N) is 2. The molecule has 0 rings (SSSR count). The van der Waals surface area contributed by atoms with Gasteiger partial charge in [-0.25, -0.2) is 0 Å². The van der Waals surface area contributed by atoms with E-state index >= 15 is 0 Å². The molecule has 2 atom stereocenters. The molecule has 0 aliphatic rings. The van der Waals surface area contributed by atoms with Crippen LogP contribution in [0.25, 0.3) is 0 Å². The minimum atomic E-state index is -1.06. The molecule has 0 radical (unpaired) electrons. The second-order valence-corrected chi connectivity index (χ2v) is 4.69. The van der Waals surface area contributed by atoms with E-state index in [0.29, 0.717) is 6.54 Å². The number of carboxylic acids is 1. The summed E-state index contributed by atoms with van der Waals surface area (Å²) in [6, 6.07) is -1.76. The first kappa shape index (κ1) is 16.4. The van der Waals surface area contributed by atoms with Crippen LogP contribution in [0.15, 0.2) is 0 Å². The Kier molecular flexibility index (Phi) is 8.37. The SMILES string of the molecule is [2H]N(CCCCC)[C@@H](C)C(=O)N[C@@H](CCC(=O)O)C(N)=O. The zero-order valence-corrected chi connectivity index (χ0v) is 12.1. The Morgan fingerprint density at radius 1 is 1.35 bits per heavy atom. The summed E-state index contributed by atoms with van der Waals surface area (Å²) in [4.78, 5) is 33.7. The standard InChI is InChI=1S/C13H25N3O4/c1-3-4-5-8-15-9(2)13(20)16-10(12(14)19)6-7-11(17)18/h9-10,15H,3-8H2,1-2H3,(H2,14,19)(H,16,20)(H,17,18)/t9-,10-/m0/s1/i/hD. The van der Waals surface area contributed by atoms with Crippen LogP contribution in [0.5, 0.6) is 0 Å². The van der Waals surface area contributed by atoms with Gasteiger partial charge in [0.05, 0.1) is 6.04 Å². The van der Waals surface area contributed by atoms with E-state index in [-0.39, 0.29) is 12.8 Å². The van der Waals surface area contributed by atoms with Gasteiger partial charge in [0, 0.05) is 6.42 Å². The van der Waals surface area contributed by atoms with Gasteiger partial charge in [0.15, 0.2) is 0 Å². The molecule has 0 aromatic heterocycles. The average Bonchev–Trinajstić information content (AvgIpc) is 2.41. The van der Waals surface area contributed by atoms with Crippen LogP contribution < -0.4 is 16.4 Å². The maximum atomic E-state index is 11.9. The Morgan fingerprint density at radius 3 is 2.50 bits per heavy atom. The number of nitrogens with two attached hydrogens (primary N) is 1. The highest BCUT2D eigenvalue weighted by Crippen LogP contribution is 1.98. The smallest absolute Gasteiger partial charge is 0.303 e. The van der Waals surface area contributed by atoms with Gasteiger partial charge >= 0.3 is 5.97 Å². The van der Waals surface area contributed by atoms with Crippen LogP contribution in [-0.2, 0) is 14.4 Å². The minimum absolute atomic E-state index is 0.0586. The van der Waals surface area contributed by atoms with Crippen LogP contribution in [0.2, 0.25) is 1.41 Å². The van der Waals surface area contributed by atoms with E-state index in [4.69, 9.17) is 12.3 Å². The first-order valence-corrected chi connectivity index (χ1v) is 6.86. The van der Waals surface area contributed by atoms with Crippen molar-refractivity contribution in [3.05, 3.63) is 0 Å². The molecule has 0 unspecified atom stereocenters. The summed E-state index contributed by atoms with van der Waals surface area (Å²) in [5.74, 6) is -2.35. The Hall–Kier alpha value is -1.63. The van der Waals surface area contributed by atoms with Crippen molar-refractivity contribution < 1.29 is 20.9 Å². The molecule has 0 saturated heterocycles. The molecular weight excluding hydrogens is 262 g/mol. The van der Waals surface area contributed by atoms with E-state index in [1.165, 1.54) is 0 Å². The number of amides is 2. The maximum absolute atomic E-state index is 11.9. The number of hydrogen-bond acceptors (Lipinski definition) is 4. The molecule has 0 aromatic rings. The number of carboxylic acid groups (broad SMARTS) is 1. The zero-order chi connectivity index (χ0) is 16.4. The number of unbranched alkanes of at least 4 members (excludes halogenated alkanes) is 2. The molecule has 2 amide bonds. The average molecular weight is 288 g/mol. The fourth-order valence-electron chi connectivity index (χ4n) is 1.58. The van der Waals surface area contributed by atoms with Crippen molar-refractivity contribution in [2.75, 3.05) is 6.54 Å². The minimum Gasteiger partial charge on any atom is -0.481 e. The lowest BCUT2D eigenvalue weighted by Gasteiger charge is -2.18. The van der Waals surface area contributed by atoms with Crippen LogP contribution in [-0.4, -0.2) is 41.5 Å². The van der Waals surface area contributed by atoms with E-state index in [1.54, 1.807) is 6.92 Å². The van der Waals surface area contributed by atoms with Gasteiger partial charge in [0.2, 0.25) is 11.8 Å². The van der Waals surface area contributed by atoms with E-state index in [0.717, 1.165) is 24.6 Å². The van der Waals surface area contributed by atoms with Gasteiger partial charge in [-0.3, -0.25) is 14.4 Å². The summed E-state index contributed by atoms with van der Waals surface area (Å²) < 4.78 is 7.77. The van der Waals surface area contributed by atoms with Crippen molar-refractivity contribution in [3.63, 3.8) is 0 Å². The third kappa shape index (κ3) is 8.47. The van der Waals surface area contributed by atoms with E-state index in [2.05, 4.69) is 5.32 Å². The monoisotopic (exact) mass is 288 g/mol. The van der Waals surface area contributed by atoms with Crippen molar-refractivity contribution in [3.8, 4) is 0 Å². The summed E-state index contributed by atoms with van der Waals surface area (Å²) in [6.07, 6.45) is 2.50. The van der Waals surface area contributed by atoms with Crippen LogP contribution >= 0.6 is 0 Å². The van der Waals surface area contributed by atoms with Crippen molar-refractivity contribution in [2.45, 2.75) is 58.0 Å². The zero-order valence-electron chi connectivity index (χ0n) is 13.1. The molecule has 0 spiro atoms. The number of carbonyl (C=O) groups is 3. The number of primary amides is 1. The first-order chi connectivity index (χ1) is 9.79. The number of aliphatic carboxylic acids is 1. The Morgan fingerprint density at radius 2 is 2.00 bits per heavy atom. The van der Waals surface area contributed by atoms with Gasteiger partial charge in [-0.15, -0.1) is 0 Å². The molecule has 7 nitrogen and oxygen atoms in total. The Balaban J connectivity index is 4.39. The quantitative estimate of drug-likeness (QED) is 0.398. The fourth-order valence-corrected chi connectivity index (χ4v) is 1.58. The normalized spacial score (nSPS) is 14.4. The van der Waals surface area contributed by atoms with Crippen molar-refractivity contribution >= 4 is 17.8 Å². The summed E-state index contributed by atoms with van der Waals surface area (Å²) in [6.45, 7) is 4.06. The lowest BCUT2D eigenvalue weighted by Crippen LogP contribution is -2.51. The van der Waals surface area contributed by atoms with Gasteiger partial charge in [0.1, 0.15) is 7.45 Å². The lowest BCUT2D eigenvalue weighted by atomic mass is 10.1. The molecule has 0 aliphatic carbocycles. The van der Waals surface area contributed by atoms with Gasteiger partial charge in [-0.2, -0.15) is 0 Å². The van der Waals surface area contributed by atoms with Crippen molar-refractivity contribution in [2.24, 2.45) is 5.73 Å². The topological polar surface area (TPSA) is 122 Å². The van der Waals surface area contributed by atoms with Gasteiger partial charge < -0.3 is 21.5 Å². The highest BCUT2D eigenvalue weighted by Gasteiger charge is 2.21.